The molecule has 1 aromatic rings. The Balaban J connectivity index is 0.00000240. The molecule has 2 aliphatic rings. The maximum Gasteiger partial charge on any atom is 0.252 e. The van der Waals surface area contributed by atoms with E-state index < -0.39 is 0 Å². The van der Waals surface area contributed by atoms with E-state index in [0.717, 1.165) is 31.5 Å². The van der Waals surface area contributed by atoms with Crippen LogP contribution in [0.3, 0.4) is 0 Å². The van der Waals surface area contributed by atoms with Crippen LogP contribution in [-0.4, -0.2) is 47.7 Å². The summed E-state index contributed by atoms with van der Waals surface area (Å²) in [5, 5.41) is 13.0. The molecule has 0 bridgehead atoms. The minimum Gasteiger partial charge on any atom is -0.395 e. The first kappa shape index (κ1) is 27.9. The topological polar surface area (TPSA) is 78.6 Å². The first-order chi connectivity index (χ1) is 14.0. The van der Waals surface area contributed by atoms with E-state index in [2.05, 4.69) is 10.2 Å². The molecule has 2 saturated carbocycles. The van der Waals surface area contributed by atoms with Crippen LogP contribution in [0.15, 0.2) is 18.2 Å². The van der Waals surface area contributed by atoms with Gasteiger partial charge in [-0.2, -0.15) is 0 Å². The number of hydrogen-bond donors (Lipinski definition) is 3. The number of aliphatic hydroxyl groups excluding tert-OH is 1. The third-order valence-electron chi connectivity index (χ3n) is 6.30. The summed E-state index contributed by atoms with van der Waals surface area (Å²) in [6.07, 6.45) is 11.0. The Labute approximate surface area is 194 Å². The van der Waals surface area contributed by atoms with Crippen LogP contribution in [0.25, 0.3) is 0 Å². The lowest BCUT2D eigenvalue weighted by atomic mass is 9.91. The van der Waals surface area contributed by atoms with Crippen molar-refractivity contribution in [2.75, 3.05) is 26.2 Å². The second-order valence-corrected chi connectivity index (χ2v) is 9.44. The first-order valence-corrected chi connectivity index (χ1v) is 11.6. The Morgan fingerprint density at radius 1 is 1.16 bits per heavy atom. The molecule has 0 saturated heterocycles. The molecule has 0 heterocycles. The van der Waals surface area contributed by atoms with Gasteiger partial charge in [-0.25, -0.2) is 0 Å². The van der Waals surface area contributed by atoms with E-state index in [9.17, 15) is 9.90 Å². The molecule has 0 unspecified atom stereocenters. The van der Waals surface area contributed by atoms with Crippen molar-refractivity contribution in [3.63, 3.8) is 0 Å². The summed E-state index contributed by atoms with van der Waals surface area (Å²) < 4.78 is 0. The normalized spacial score (nSPS) is 18.3. The van der Waals surface area contributed by atoms with Crippen molar-refractivity contribution in [2.24, 2.45) is 11.7 Å². The monoisotopic (exact) mass is 453 g/mol. The SMILES string of the molecule is C.C.NC1(CN(CCO)Cc2ccc(Cl)c(C(=O)NCC3CCCCCCC3)c2)CC1. The number of nitrogens with zero attached hydrogens (tertiary/aromatic N) is 1. The van der Waals surface area contributed by atoms with Gasteiger partial charge >= 0.3 is 0 Å². The quantitative estimate of drug-likeness (QED) is 0.492. The molecule has 178 valence electrons. The van der Waals surface area contributed by atoms with E-state index >= 15 is 0 Å². The molecule has 2 aliphatic carbocycles. The Kier molecular flexibility index (Phi) is 12.1. The number of carbonyl (C=O) groups excluding carboxylic acids is 1. The highest BCUT2D eigenvalue weighted by Gasteiger charge is 2.39. The van der Waals surface area contributed by atoms with Gasteiger partial charge in [0.1, 0.15) is 0 Å². The van der Waals surface area contributed by atoms with Gasteiger partial charge in [-0.1, -0.05) is 64.6 Å². The molecule has 2 fully saturated rings. The zero-order valence-electron chi connectivity index (χ0n) is 17.5. The predicted molar refractivity (Wildman–Crippen MR) is 132 cm³/mol. The molecule has 31 heavy (non-hydrogen) atoms. The number of carbonyl (C=O) groups is 1. The minimum atomic E-state index is -0.112. The van der Waals surface area contributed by atoms with E-state index in [0.29, 0.717) is 29.6 Å². The third kappa shape index (κ3) is 9.09. The lowest BCUT2D eigenvalue weighted by Crippen LogP contribution is -2.40. The van der Waals surface area contributed by atoms with E-state index in [1.807, 2.05) is 12.1 Å². The van der Waals surface area contributed by atoms with Gasteiger partial charge < -0.3 is 16.2 Å². The van der Waals surface area contributed by atoms with Gasteiger partial charge in [0.15, 0.2) is 0 Å². The fourth-order valence-electron chi connectivity index (χ4n) is 4.30. The van der Waals surface area contributed by atoms with Gasteiger partial charge in [0.2, 0.25) is 0 Å². The standard InChI is InChI=1S/C23H36ClN3O2.2CH4/c24-21-9-8-19(16-27(12-13-28)17-23(25)10-11-23)14-20(21)22(29)26-15-18-6-4-2-1-3-5-7-18;;/h8-9,14,18,28H,1-7,10-13,15-17,25H2,(H,26,29);2*1H4. The molecule has 0 spiro atoms. The van der Waals surface area contributed by atoms with E-state index in [1.165, 1.54) is 44.9 Å². The van der Waals surface area contributed by atoms with E-state index in [1.54, 1.807) is 6.07 Å². The van der Waals surface area contributed by atoms with Crippen LogP contribution >= 0.6 is 11.6 Å². The third-order valence-corrected chi connectivity index (χ3v) is 6.63. The summed E-state index contributed by atoms with van der Waals surface area (Å²) in [6, 6.07) is 5.64. The first-order valence-electron chi connectivity index (χ1n) is 11.2. The Hall–Kier alpha value is -1.14. The molecule has 1 aromatic carbocycles. The number of halogens is 1. The zero-order chi connectivity index (χ0) is 20.7. The Morgan fingerprint density at radius 2 is 1.81 bits per heavy atom. The average molecular weight is 454 g/mol. The second-order valence-electron chi connectivity index (χ2n) is 9.03. The van der Waals surface area contributed by atoms with Gasteiger partial charge in [-0.05, 0) is 49.3 Å². The fourth-order valence-corrected chi connectivity index (χ4v) is 4.50. The van der Waals surface area contributed by atoms with Crippen molar-refractivity contribution < 1.29 is 9.90 Å². The number of hydrogen-bond acceptors (Lipinski definition) is 4. The molecule has 5 nitrogen and oxygen atoms in total. The fraction of sp³-hybridized carbons (Fsp3) is 0.720. The summed E-state index contributed by atoms with van der Waals surface area (Å²) in [7, 11) is 0. The number of rotatable bonds is 9. The zero-order valence-corrected chi connectivity index (χ0v) is 18.2. The molecule has 0 atom stereocenters. The van der Waals surface area contributed by atoms with Crippen LogP contribution < -0.4 is 11.1 Å². The summed E-state index contributed by atoms with van der Waals surface area (Å²) in [5.41, 5.74) is 7.70. The van der Waals surface area contributed by atoms with Crippen molar-refractivity contribution in [3.8, 4) is 0 Å². The lowest BCUT2D eigenvalue weighted by Gasteiger charge is -2.25. The minimum absolute atomic E-state index is 0. The van der Waals surface area contributed by atoms with Gasteiger partial charge in [0.05, 0.1) is 17.2 Å². The number of nitrogens with one attached hydrogen (secondary N) is 1. The largest absolute Gasteiger partial charge is 0.395 e. The number of nitrogens with two attached hydrogens (primary N) is 1. The van der Waals surface area contributed by atoms with Crippen molar-refractivity contribution >= 4 is 17.5 Å². The van der Waals surface area contributed by atoms with Gasteiger partial charge in [-0.15, -0.1) is 0 Å². The van der Waals surface area contributed by atoms with Crippen LogP contribution in [0, 0.1) is 5.92 Å². The second kappa shape index (κ2) is 13.4. The molecular formula is C25H44ClN3O2. The molecule has 0 aliphatic heterocycles. The highest BCUT2D eigenvalue weighted by Crippen LogP contribution is 2.33. The van der Waals surface area contributed by atoms with Crippen LogP contribution in [0.5, 0.6) is 0 Å². The summed E-state index contributed by atoms with van der Waals surface area (Å²) in [5.74, 6) is 0.477. The maximum atomic E-state index is 12.8. The van der Waals surface area contributed by atoms with Crippen LogP contribution in [0.4, 0.5) is 0 Å². The van der Waals surface area contributed by atoms with Crippen molar-refractivity contribution in [1.29, 1.82) is 0 Å². The summed E-state index contributed by atoms with van der Waals surface area (Å²) >= 11 is 6.34. The van der Waals surface area contributed by atoms with Crippen LogP contribution in [0.1, 0.15) is 88.6 Å². The van der Waals surface area contributed by atoms with Crippen molar-refractivity contribution in [1.82, 2.24) is 10.2 Å². The van der Waals surface area contributed by atoms with E-state index in [-0.39, 0.29) is 32.9 Å². The van der Waals surface area contributed by atoms with Crippen LogP contribution in [-0.2, 0) is 6.54 Å². The highest BCUT2D eigenvalue weighted by atomic mass is 35.5. The van der Waals surface area contributed by atoms with Gasteiger partial charge in [-0.3, -0.25) is 9.69 Å². The molecule has 4 N–H and O–H groups in total. The molecule has 0 aromatic heterocycles. The Bertz CT molecular complexity index is 671. The molecule has 6 heteroatoms. The number of aliphatic hydroxyl groups is 1. The highest BCUT2D eigenvalue weighted by molar-refractivity contribution is 6.33. The maximum absolute atomic E-state index is 12.8. The smallest absolute Gasteiger partial charge is 0.252 e. The summed E-state index contributed by atoms with van der Waals surface area (Å²) in [6.45, 7) is 2.81. The summed E-state index contributed by atoms with van der Waals surface area (Å²) in [4.78, 5) is 15.0. The Morgan fingerprint density at radius 3 is 2.42 bits per heavy atom. The van der Waals surface area contributed by atoms with E-state index in [4.69, 9.17) is 17.3 Å². The van der Waals surface area contributed by atoms with Crippen molar-refractivity contribution in [3.05, 3.63) is 34.3 Å². The lowest BCUT2D eigenvalue weighted by molar-refractivity contribution is 0.0944. The van der Waals surface area contributed by atoms with Crippen LogP contribution in [0.2, 0.25) is 5.02 Å². The average Bonchev–Trinajstić information content (AvgIpc) is 3.39. The number of benzene rings is 1. The molecule has 3 rings (SSSR count). The molecule has 0 radical (unpaired) electrons. The van der Waals surface area contributed by atoms with Crippen molar-refractivity contribution in [2.45, 2.75) is 84.7 Å². The van der Waals surface area contributed by atoms with Gasteiger partial charge in [0.25, 0.3) is 5.91 Å². The predicted octanol–water partition coefficient (Wildman–Crippen LogP) is 4.99. The molecular weight excluding hydrogens is 410 g/mol. The van der Waals surface area contributed by atoms with Gasteiger partial charge in [0, 0.05) is 31.7 Å². The molecule has 1 amide bonds. The number of amides is 1.